The van der Waals surface area contributed by atoms with Crippen molar-refractivity contribution in [3.8, 4) is 0 Å². The summed E-state index contributed by atoms with van der Waals surface area (Å²) in [5, 5.41) is 0. The van der Waals surface area contributed by atoms with E-state index in [1.54, 1.807) is 48.6 Å². The molecule has 2 aliphatic rings. The van der Waals surface area contributed by atoms with Gasteiger partial charge in [0, 0.05) is 34.1 Å². The largest absolute Gasteiger partial charge is 0.295 e. The van der Waals surface area contributed by atoms with Gasteiger partial charge in [-0.05, 0) is 60.4 Å². The molecule has 2 aromatic rings. The third-order valence-corrected chi connectivity index (χ3v) is 5.78. The monoisotopic (exact) mass is 394 g/mol. The van der Waals surface area contributed by atoms with Crippen molar-refractivity contribution in [3.05, 3.63) is 93.1 Å². The highest BCUT2D eigenvalue weighted by molar-refractivity contribution is 5.96. The number of allylic oxidation sites excluding steroid dienone is 4. The Morgan fingerprint density at radius 3 is 1.40 bits per heavy atom. The lowest BCUT2D eigenvalue weighted by atomic mass is 9.68. The van der Waals surface area contributed by atoms with Gasteiger partial charge in [0.25, 0.3) is 0 Å². The van der Waals surface area contributed by atoms with Crippen LogP contribution in [0.5, 0.6) is 0 Å². The molecule has 4 heteroatoms. The Balaban J connectivity index is 1.94. The maximum absolute atomic E-state index is 11.8. The lowest BCUT2D eigenvalue weighted by Gasteiger charge is -2.33. The fraction of sp³-hybridized carbons (Fsp3) is 0.154. The minimum atomic E-state index is -0.452. The first kappa shape index (κ1) is 19.5. The number of hydrogen-bond acceptors (Lipinski definition) is 4. The molecule has 0 heterocycles. The number of Topliss-reactive ketones (excluding diaryl/α,β-unsaturated/α-hetero) is 2. The average molecular weight is 394 g/mol. The average Bonchev–Trinajstić information content (AvgIpc) is 2.76. The quantitative estimate of drug-likeness (QED) is 0.567. The van der Waals surface area contributed by atoms with Gasteiger partial charge in [-0.1, -0.05) is 36.4 Å². The molecule has 30 heavy (non-hydrogen) atoms. The van der Waals surface area contributed by atoms with E-state index < -0.39 is 11.8 Å². The van der Waals surface area contributed by atoms with Crippen molar-refractivity contribution in [2.45, 2.75) is 25.7 Å². The summed E-state index contributed by atoms with van der Waals surface area (Å²) in [6.45, 7) is 3.01. The van der Waals surface area contributed by atoms with Crippen LogP contribution >= 0.6 is 0 Å². The standard InChI is InChI=1S/C26H18O4/c1-15(29)17-7-9-23-19(11-17)3-5-21(13-27)25(23)26-22(14-28)6-4-20-12-18(16(2)30)8-10-24(20)26/h3-12,25-26H,1-2H3. The molecule has 0 bridgehead atoms. The van der Waals surface area contributed by atoms with Gasteiger partial charge in [0.05, 0.1) is 0 Å². The highest BCUT2D eigenvalue weighted by Crippen LogP contribution is 2.48. The summed E-state index contributed by atoms with van der Waals surface area (Å²) >= 11 is 0. The number of rotatable bonds is 3. The summed E-state index contributed by atoms with van der Waals surface area (Å²) in [7, 11) is 0. The van der Waals surface area contributed by atoms with E-state index in [4.69, 9.17) is 0 Å². The smallest absolute Gasteiger partial charge is 0.159 e. The van der Waals surface area contributed by atoms with Crippen LogP contribution in [0.2, 0.25) is 0 Å². The zero-order valence-electron chi connectivity index (χ0n) is 16.6. The number of carbonyl (C=O) groups excluding carboxylic acids is 4. The normalized spacial score (nSPS) is 18.9. The SMILES string of the molecule is CC(=O)c1ccc2c(c1)C=CC(=C=O)C2C1C(=C=O)C=Cc2cc(C(C)=O)ccc21. The highest BCUT2D eigenvalue weighted by Gasteiger charge is 2.36. The van der Waals surface area contributed by atoms with Gasteiger partial charge in [-0.25, -0.2) is 9.59 Å². The van der Waals surface area contributed by atoms with Gasteiger partial charge < -0.3 is 0 Å². The minimum Gasteiger partial charge on any atom is -0.295 e. The molecule has 0 aliphatic heterocycles. The minimum absolute atomic E-state index is 0.0457. The van der Waals surface area contributed by atoms with Crippen LogP contribution in [0.4, 0.5) is 0 Å². The second-order valence-electron chi connectivity index (χ2n) is 7.54. The second-order valence-corrected chi connectivity index (χ2v) is 7.54. The molecule has 0 saturated heterocycles. The summed E-state index contributed by atoms with van der Waals surface area (Å²) in [5.41, 5.74) is 5.35. The molecule has 0 saturated carbocycles. The van der Waals surface area contributed by atoms with Crippen molar-refractivity contribution >= 4 is 35.6 Å². The Bertz CT molecular complexity index is 1160. The molecule has 4 rings (SSSR count). The van der Waals surface area contributed by atoms with E-state index in [0.717, 1.165) is 22.3 Å². The number of benzene rings is 2. The van der Waals surface area contributed by atoms with Crippen LogP contribution < -0.4 is 0 Å². The van der Waals surface area contributed by atoms with Gasteiger partial charge in [-0.3, -0.25) is 9.59 Å². The summed E-state index contributed by atoms with van der Waals surface area (Å²) in [6, 6.07) is 10.7. The molecule has 4 nitrogen and oxygen atoms in total. The van der Waals surface area contributed by atoms with Crippen molar-refractivity contribution < 1.29 is 19.2 Å². The zero-order chi connectivity index (χ0) is 21.4. The van der Waals surface area contributed by atoms with Gasteiger partial charge in [0.15, 0.2) is 11.6 Å². The maximum atomic E-state index is 11.8. The van der Waals surface area contributed by atoms with Crippen LogP contribution in [0, 0.1) is 0 Å². The fourth-order valence-electron chi connectivity index (χ4n) is 4.26. The van der Waals surface area contributed by atoms with E-state index in [1.165, 1.54) is 13.8 Å². The zero-order valence-corrected chi connectivity index (χ0v) is 16.6. The number of fused-ring (bicyclic) bond motifs is 2. The summed E-state index contributed by atoms with van der Waals surface area (Å²) in [4.78, 5) is 47.2. The predicted molar refractivity (Wildman–Crippen MR) is 115 cm³/mol. The van der Waals surface area contributed by atoms with Crippen molar-refractivity contribution in [2.24, 2.45) is 0 Å². The first-order valence-corrected chi connectivity index (χ1v) is 9.60. The molecule has 0 fully saturated rings. The topological polar surface area (TPSA) is 68.3 Å². The molecule has 0 radical (unpaired) electrons. The van der Waals surface area contributed by atoms with Gasteiger partial charge in [-0.15, -0.1) is 0 Å². The molecule has 146 valence electrons. The van der Waals surface area contributed by atoms with E-state index in [-0.39, 0.29) is 11.6 Å². The van der Waals surface area contributed by atoms with E-state index >= 15 is 0 Å². The summed E-state index contributed by atoms with van der Waals surface area (Å²) < 4.78 is 0. The van der Waals surface area contributed by atoms with Gasteiger partial charge in [0.2, 0.25) is 0 Å². The third kappa shape index (κ3) is 3.15. The Morgan fingerprint density at radius 1 is 0.667 bits per heavy atom. The van der Waals surface area contributed by atoms with E-state index in [1.807, 2.05) is 24.0 Å². The van der Waals surface area contributed by atoms with Gasteiger partial charge in [0.1, 0.15) is 11.9 Å². The fourth-order valence-corrected chi connectivity index (χ4v) is 4.26. The molecule has 2 atom stereocenters. The molecule has 2 aromatic carbocycles. The number of carbonyl (C=O) groups is 2. The van der Waals surface area contributed by atoms with Crippen molar-refractivity contribution in [2.75, 3.05) is 0 Å². The third-order valence-electron chi connectivity index (χ3n) is 5.78. The highest BCUT2D eigenvalue weighted by atomic mass is 16.1. The van der Waals surface area contributed by atoms with Gasteiger partial charge in [-0.2, -0.15) is 0 Å². The lowest BCUT2D eigenvalue weighted by Crippen LogP contribution is -2.21. The van der Waals surface area contributed by atoms with Crippen LogP contribution in [0.3, 0.4) is 0 Å². The summed E-state index contributed by atoms with van der Waals surface area (Å²) in [5.74, 6) is 3.06. The maximum Gasteiger partial charge on any atom is 0.159 e. The molecule has 0 N–H and O–H groups in total. The first-order chi connectivity index (χ1) is 14.4. The molecule has 0 aromatic heterocycles. The molecule has 2 aliphatic carbocycles. The van der Waals surface area contributed by atoms with Crippen LogP contribution in [-0.2, 0) is 9.59 Å². The van der Waals surface area contributed by atoms with Crippen molar-refractivity contribution in [1.29, 1.82) is 0 Å². The summed E-state index contributed by atoms with van der Waals surface area (Å²) in [6.07, 6.45) is 6.96. The van der Waals surface area contributed by atoms with Crippen LogP contribution in [-0.4, -0.2) is 23.4 Å². The Hall–Kier alpha value is -3.84. The van der Waals surface area contributed by atoms with Crippen LogP contribution in [0.25, 0.3) is 12.2 Å². The van der Waals surface area contributed by atoms with Crippen LogP contribution in [0.15, 0.2) is 59.7 Å². The van der Waals surface area contributed by atoms with E-state index in [9.17, 15) is 19.2 Å². The lowest BCUT2D eigenvalue weighted by molar-refractivity contribution is 0.100. The number of hydrogen-bond donors (Lipinski definition) is 0. The van der Waals surface area contributed by atoms with Crippen molar-refractivity contribution in [3.63, 3.8) is 0 Å². The molecular weight excluding hydrogens is 376 g/mol. The van der Waals surface area contributed by atoms with E-state index in [0.29, 0.717) is 22.3 Å². The molecule has 2 unspecified atom stereocenters. The Morgan fingerprint density at radius 2 is 1.07 bits per heavy atom. The predicted octanol–water partition coefficient (Wildman–Crippen LogP) is 4.53. The Labute approximate surface area is 173 Å². The first-order valence-electron chi connectivity index (χ1n) is 9.60. The Kier molecular flexibility index (Phi) is 4.89. The second kappa shape index (κ2) is 7.53. The molecule has 0 amide bonds. The van der Waals surface area contributed by atoms with Crippen LogP contribution in [0.1, 0.15) is 68.7 Å². The molecule has 0 spiro atoms. The van der Waals surface area contributed by atoms with Crippen molar-refractivity contribution in [1.82, 2.24) is 0 Å². The van der Waals surface area contributed by atoms with E-state index in [2.05, 4.69) is 0 Å². The molecular formula is C26H18O4. The van der Waals surface area contributed by atoms with Gasteiger partial charge >= 0.3 is 0 Å². The number of ketones is 2.